The van der Waals surface area contributed by atoms with Crippen LogP contribution in [0.15, 0.2) is 72.8 Å². The highest BCUT2D eigenvalue weighted by Gasteiger charge is 2.28. The monoisotopic (exact) mass is 441 g/mol. The van der Waals surface area contributed by atoms with Gasteiger partial charge in [0.25, 0.3) is 11.8 Å². The summed E-state index contributed by atoms with van der Waals surface area (Å²) in [6, 6.07) is 23.8. The van der Waals surface area contributed by atoms with E-state index < -0.39 is 0 Å². The third kappa shape index (κ3) is 4.42. The number of carbonyl (C=O) groups is 2. The summed E-state index contributed by atoms with van der Waals surface area (Å²) >= 11 is 0. The molecule has 0 bridgehead atoms. The van der Waals surface area contributed by atoms with Crippen LogP contribution in [0.5, 0.6) is 5.75 Å². The van der Waals surface area contributed by atoms with Gasteiger partial charge in [-0.2, -0.15) is 0 Å². The second-order valence-electron chi connectivity index (χ2n) is 8.55. The minimum atomic E-state index is -0.107. The fourth-order valence-electron chi connectivity index (χ4n) is 4.37. The van der Waals surface area contributed by atoms with Gasteiger partial charge in [-0.05, 0) is 42.8 Å². The van der Waals surface area contributed by atoms with Crippen molar-refractivity contribution >= 4 is 23.2 Å². The lowest BCUT2D eigenvalue weighted by Gasteiger charge is -2.36. The number of amides is 2. The Labute approximate surface area is 194 Å². The number of aryl methyl sites for hydroxylation is 1. The van der Waals surface area contributed by atoms with E-state index in [2.05, 4.69) is 17.0 Å². The number of fused-ring (bicyclic) bond motifs is 1. The van der Waals surface area contributed by atoms with Crippen molar-refractivity contribution in [2.45, 2.75) is 13.5 Å². The van der Waals surface area contributed by atoms with Crippen molar-refractivity contribution in [2.75, 3.05) is 42.6 Å². The van der Waals surface area contributed by atoms with Gasteiger partial charge in [0, 0.05) is 37.4 Å². The molecule has 0 radical (unpaired) electrons. The summed E-state index contributed by atoms with van der Waals surface area (Å²) in [5, 5.41) is 0. The number of hydrogen-bond donors (Lipinski definition) is 0. The molecule has 0 spiro atoms. The predicted molar refractivity (Wildman–Crippen MR) is 129 cm³/mol. The average Bonchev–Trinajstić information content (AvgIpc) is 2.87. The van der Waals surface area contributed by atoms with Crippen molar-refractivity contribution in [1.29, 1.82) is 0 Å². The Morgan fingerprint density at radius 1 is 0.909 bits per heavy atom. The molecule has 0 saturated carbocycles. The van der Waals surface area contributed by atoms with Gasteiger partial charge < -0.3 is 19.4 Å². The van der Waals surface area contributed by atoms with Crippen LogP contribution in [0.2, 0.25) is 0 Å². The molecule has 6 heteroatoms. The van der Waals surface area contributed by atoms with Gasteiger partial charge in [0.15, 0.2) is 6.61 Å². The molecule has 3 aromatic rings. The third-order valence-electron chi connectivity index (χ3n) is 6.30. The molecule has 0 aromatic heterocycles. The summed E-state index contributed by atoms with van der Waals surface area (Å²) in [7, 11) is 0. The highest BCUT2D eigenvalue weighted by atomic mass is 16.5. The predicted octanol–water partition coefficient (Wildman–Crippen LogP) is 3.88. The molecule has 2 aliphatic heterocycles. The van der Waals surface area contributed by atoms with Crippen LogP contribution in [0.1, 0.15) is 21.5 Å². The smallest absolute Gasteiger partial charge is 0.265 e. The first-order chi connectivity index (χ1) is 16.1. The Morgan fingerprint density at radius 3 is 2.36 bits per heavy atom. The third-order valence-corrected chi connectivity index (χ3v) is 6.30. The van der Waals surface area contributed by atoms with E-state index in [1.54, 1.807) is 23.1 Å². The standard InChI is InChI=1S/C27H27N3O3/c1-20-7-9-21(10-8-20)18-30-24-17-22(11-12-25(24)33-19-26(30)31)27(32)29-15-13-28(14-16-29)23-5-3-2-4-6-23/h2-12,17H,13-16,18-19H2,1H3. The van der Waals surface area contributed by atoms with Crippen LogP contribution in [0.4, 0.5) is 11.4 Å². The number of para-hydroxylation sites is 1. The van der Waals surface area contributed by atoms with E-state index >= 15 is 0 Å². The van der Waals surface area contributed by atoms with E-state index in [9.17, 15) is 9.59 Å². The molecule has 5 rings (SSSR count). The molecule has 33 heavy (non-hydrogen) atoms. The Bertz CT molecular complexity index is 1150. The topological polar surface area (TPSA) is 53.1 Å². The van der Waals surface area contributed by atoms with E-state index in [0.29, 0.717) is 36.6 Å². The number of anilines is 2. The Morgan fingerprint density at radius 2 is 1.64 bits per heavy atom. The van der Waals surface area contributed by atoms with Crippen molar-refractivity contribution in [3.8, 4) is 5.75 Å². The highest BCUT2D eigenvalue weighted by molar-refractivity contribution is 6.01. The first-order valence-electron chi connectivity index (χ1n) is 11.3. The van der Waals surface area contributed by atoms with E-state index in [-0.39, 0.29) is 18.4 Å². The zero-order chi connectivity index (χ0) is 22.8. The van der Waals surface area contributed by atoms with Gasteiger partial charge in [0.1, 0.15) is 5.75 Å². The molecule has 6 nitrogen and oxygen atoms in total. The van der Waals surface area contributed by atoms with Gasteiger partial charge in [-0.3, -0.25) is 9.59 Å². The summed E-state index contributed by atoms with van der Waals surface area (Å²) in [6.07, 6.45) is 0. The molecule has 0 aliphatic carbocycles. The van der Waals surface area contributed by atoms with Crippen molar-refractivity contribution in [3.05, 3.63) is 89.5 Å². The summed E-state index contributed by atoms with van der Waals surface area (Å²) in [5.41, 5.74) is 4.62. The number of hydrogen-bond acceptors (Lipinski definition) is 4. The lowest BCUT2D eigenvalue weighted by molar-refractivity contribution is -0.121. The van der Waals surface area contributed by atoms with Crippen molar-refractivity contribution in [2.24, 2.45) is 0 Å². The van der Waals surface area contributed by atoms with Crippen molar-refractivity contribution in [1.82, 2.24) is 4.90 Å². The first-order valence-corrected chi connectivity index (χ1v) is 11.3. The minimum Gasteiger partial charge on any atom is -0.482 e. The van der Waals surface area contributed by atoms with Gasteiger partial charge in [-0.25, -0.2) is 0 Å². The SMILES string of the molecule is Cc1ccc(CN2C(=O)COc3ccc(C(=O)N4CCN(c5ccccc5)CC4)cc32)cc1. The lowest BCUT2D eigenvalue weighted by Crippen LogP contribution is -2.48. The van der Waals surface area contributed by atoms with Crippen LogP contribution >= 0.6 is 0 Å². The van der Waals surface area contributed by atoms with Crippen LogP contribution in [0.3, 0.4) is 0 Å². The molecule has 1 fully saturated rings. The van der Waals surface area contributed by atoms with Gasteiger partial charge in [0.05, 0.1) is 12.2 Å². The molecule has 2 amide bonds. The summed E-state index contributed by atoms with van der Waals surface area (Å²) in [4.78, 5) is 31.9. The minimum absolute atomic E-state index is 0.00754. The number of benzene rings is 3. The van der Waals surface area contributed by atoms with Crippen molar-refractivity contribution < 1.29 is 14.3 Å². The van der Waals surface area contributed by atoms with Crippen molar-refractivity contribution in [3.63, 3.8) is 0 Å². The van der Waals surface area contributed by atoms with Crippen LogP contribution in [0, 0.1) is 6.92 Å². The highest BCUT2D eigenvalue weighted by Crippen LogP contribution is 2.34. The zero-order valence-corrected chi connectivity index (χ0v) is 18.7. The Hall–Kier alpha value is -3.80. The molecular formula is C27H27N3O3. The maximum atomic E-state index is 13.3. The van der Waals surface area contributed by atoms with Crippen LogP contribution in [-0.2, 0) is 11.3 Å². The second kappa shape index (κ2) is 8.98. The fourth-order valence-corrected chi connectivity index (χ4v) is 4.37. The number of rotatable bonds is 4. The molecule has 1 saturated heterocycles. The number of ether oxygens (including phenoxy) is 1. The largest absolute Gasteiger partial charge is 0.482 e. The molecule has 2 heterocycles. The molecule has 168 valence electrons. The number of nitrogens with zero attached hydrogens (tertiary/aromatic N) is 3. The van der Waals surface area contributed by atoms with Gasteiger partial charge in [0.2, 0.25) is 0 Å². The molecule has 0 atom stereocenters. The van der Waals surface area contributed by atoms with Crippen LogP contribution < -0.4 is 14.5 Å². The zero-order valence-electron chi connectivity index (χ0n) is 18.7. The van der Waals surface area contributed by atoms with E-state index in [4.69, 9.17) is 4.74 Å². The maximum Gasteiger partial charge on any atom is 0.265 e. The second-order valence-corrected chi connectivity index (χ2v) is 8.55. The summed E-state index contributed by atoms with van der Waals surface area (Å²) in [6.45, 7) is 5.40. The molecule has 2 aliphatic rings. The van der Waals surface area contributed by atoms with Crippen LogP contribution in [-0.4, -0.2) is 49.5 Å². The summed E-state index contributed by atoms with van der Waals surface area (Å²) in [5.74, 6) is 0.509. The van der Waals surface area contributed by atoms with Crippen LogP contribution in [0.25, 0.3) is 0 Å². The number of piperazine rings is 1. The fraction of sp³-hybridized carbons (Fsp3) is 0.259. The number of carbonyl (C=O) groups excluding carboxylic acids is 2. The maximum absolute atomic E-state index is 13.3. The Kier molecular flexibility index (Phi) is 5.73. The molecular weight excluding hydrogens is 414 g/mol. The van der Waals surface area contributed by atoms with E-state index in [1.165, 1.54) is 11.3 Å². The first kappa shape index (κ1) is 21.1. The lowest BCUT2D eigenvalue weighted by atomic mass is 10.1. The quantitative estimate of drug-likeness (QED) is 0.617. The van der Waals surface area contributed by atoms with E-state index in [1.807, 2.05) is 54.3 Å². The normalized spacial score (nSPS) is 15.8. The van der Waals surface area contributed by atoms with Gasteiger partial charge >= 0.3 is 0 Å². The molecule has 0 N–H and O–H groups in total. The summed E-state index contributed by atoms with van der Waals surface area (Å²) < 4.78 is 5.64. The molecule has 3 aromatic carbocycles. The average molecular weight is 442 g/mol. The van der Waals surface area contributed by atoms with E-state index in [0.717, 1.165) is 18.7 Å². The van der Waals surface area contributed by atoms with Gasteiger partial charge in [-0.1, -0.05) is 48.0 Å². The molecule has 0 unspecified atom stereocenters. The Balaban J connectivity index is 1.33. The van der Waals surface area contributed by atoms with Gasteiger partial charge in [-0.15, -0.1) is 0 Å².